The van der Waals surface area contributed by atoms with Gasteiger partial charge in [0.2, 0.25) is 0 Å². The Morgan fingerprint density at radius 2 is 2.00 bits per heavy atom. The third kappa shape index (κ3) is 3.12. The van der Waals surface area contributed by atoms with Crippen LogP contribution in [0.5, 0.6) is 0 Å². The zero-order chi connectivity index (χ0) is 13.8. The van der Waals surface area contributed by atoms with Gasteiger partial charge in [-0.15, -0.1) is 0 Å². The van der Waals surface area contributed by atoms with Crippen LogP contribution in [0.25, 0.3) is 0 Å². The average Bonchev–Trinajstić information content (AvgIpc) is 2.40. The molecular weight excluding hydrogens is 248 g/mol. The Balaban J connectivity index is 2.44. The van der Waals surface area contributed by atoms with Gasteiger partial charge in [-0.25, -0.2) is 8.78 Å². The zero-order valence-corrected chi connectivity index (χ0v) is 10.8. The largest absolute Gasteiger partial charge is 0.305 e. The number of aromatic nitrogens is 2. The first-order valence-corrected chi connectivity index (χ1v) is 6.08. The van der Waals surface area contributed by atoms with Crippen molar-refractivity contribution in [3.05, 3.63) is 59.2 Å². The highest BCUT2D eigenvalue weighted by atomic mass is 19.1. The van der Waals surface area contributed by atoms with Gasteiger partial charge in [0.1, 0.15) is 11.6 Å². The van der Waals surface area contributed by atoms with Crippen molar-refractivity contribution in [2.24, 2.45) is 0 Å². The van der Waals surface area contributed by atoms with Crippen LogP contribution in [0.3, 0.4) is 0 Å². The van der Waals surface area contributed by atoms with E-state index in [9.17, 15) is 8.78 Å². The monoisotopic (exact) mass is 263 g/mol. The van der Waals surface area contributed by atoms with E-state index in [2.05, 4.69) is 15.3 Å². The minimum absolute atomic E-state index is 0.236. The van der Waals surface area contributed by atoms with Crippen LogP contribution in [-0.4, -0.2) is 16.5 Å². The molecular formula is C14H15F2N3. The molecule has 0 aliphatic rings. The normalized spacial score (nSPS) is 12.4. The zero-order valence-electron chi connectivity index (χ0n) is 10.8. The van der Waals surface area contributed by atoms with E-state index in [1.54, 1.807) is 12.4 Å². The summed E-state index contributed by atoms with van der Waals surface area (Å²) in [5.74, 6) is -0.936. The molecule has 0 saturated carbocycles. The summed E-state index contributed by atoms with van der Waals surface area (Å²) < 4.78 is 27.2. The van der Waals surface area contributed by atoms with Crippen molar-refractivity contribution >= 4 is 0 Å². The minimum atomic E-state index is -0.506. The average molecular weight is 263 g/mol. The van der Waals surface area contributed by atoms with Crippen molar-refractivity contribution in [3.63, 3.8) is 0 Å². The van der Waals surface area contributed by atoms with E-state index in [4.69, 9.17) is 0 Å². The summed E-state index contributed by atoms with van der Waals surface area (Å²) in [5.41, 5.74) is 1.58. The molecule has 1 aromatic carbocycles. The molecule has 1 unspecified atom stereocenters. The van der Waals surface area contributed by atoms with Gasteiger partial charge in [0.05, 0.1) is 23.6 Å². The highest BCUT2D eigenvalue weighted by Crippen LogP contribution is 2.23. The Labute approximate surface area is 110 Å². The topological polar surface area (TPSA) is 37.8 Å². The second kappa shape index (κ2) is 5.84. The maximum Gasteiger partial charge on any atom is 0.128 e. The molecule has 0 fully saturated rings. The fraction of sp³-hybridized carbons (Fsp3) is 0.286. The number of aryl methyl sites for hydroxylation is 1. The molecule has 0 spiro atoms. The molecule has 100 valence electrons. The van der Waals surface area contributed by atoms with Crippen molar-refractivity contribution < 1.29 is 8.78 Å². The van der Waals surface area contributed by atoms with E-state index in [0.29, 0.717) is 12.2 Å². The lowest BCUT2D eigenvalue weighted by Crippen LogP contribution is -2.24. The summed E-state index contributed by atoms with van der Waals surface area (Å²) in [6, 6.07) is 2.90. The molecule has 0 bridgehead atoms. The van der Waals surface area contributed by atoms with E-state index >= 15 is 0 Å². The first-order valence-electron chi connectivity index (χ1n) is 6.08. The molecule has 2 aromatic rings. The molecule has 0 aliphatic carbocycles. The fourth-order valence-corrected chi connectivity index (χ4v) is 1.87. The third-order valence-electron chi connectivity index (χ3n) is 2.77. The molecule has 5 heteroatoms. The SMILES string of the molecule is CCNC(c1cnc(C)cn1)c1cc(F)ccc1F. The molecule has 0 radical (unpaired) electrons. The number of nitrogens with zero attached hydrogens (tertiary/aromatic N) is 2. The smallest absolute Gasteiger partial charge is 0.128 e. The highest BCUT2D eigenvalue weighted by molar-refractivity contribution is 5.29. The maximum atomic E-state index is 13.9. The number of rotatable bonds is 4. The van der Waals surface area contributed by atoms with Crippen molar-refractivity contribution in [1.29, 1.82) is 0 Å². The van der Waals surface area contributed by atoms with Gasteiger partial charge < -0.3 is 5.32 Å². The lowest BCUT2D eigenvalue weighted by Gasteiger charge is -2.18. The van der Waals surface area contributed by atoms with E-state index in [-0.39, 0.29) is 5.56 Å². The Morgan fingerprint density at radius 3 is 2.63 bits per heavy atom. The molecule has 3 nitrogen and oxygen atoms in total. The second-order valence-corrected chi connectivity index (χ2v) is 4.24. The first-order chi connectivity index (χ1) is 9.11. The van der Waals surface area contributed by atoms with Crippen LogP contribution in [0.15, 0.2) is 30.6 Å². The Kier molecular flexibility index (Phi) is 4.16. The van der Waals surface area contributed by atoms with Crippen LogP contribution in [-0.2, 0) is 0 Å². The summed E-state index contributed by atoms with van der Waals surface area (Å²) in [5, 5.41) is 3.09. The number of hydrogen-bond acceptors (Lipinski definition) is 3. The second-order valence-electron chi connectivity index (χ2n) is 4.24. The molecule has 1 atom stereocenters. The van der Waals surface area contributed by atoms with Gasteiger partial charge >= 0.3 is 0 Å². The van der Waals surface area contributed by atoms with Crippen LogP contribution >= 0.6 is 0 Å². The molecule has 1 aromatic heterocycles. The van der Waals surface area contributed by atoms with Gasteiger partial charge in [0, 0.05) is 11.8 Å². The summed E-state index contributed by atoms with van der Waals surface area (Å²) in [4.78, 5) is 8.37. The highest BCUT2D eigenvalue weighted by Gasteiger charge is 2.19. The summed E-state index contributed by atoms with van der Waals surface area (Å²) in [6.45, 7) is 4.32. The number of halogens is 2. The van der Waals surface area contributed by atoms with Gasteiger partial charge in [0.15, 0.2) is 0 Å². The van der Waals surface area contributed by atoms with Crippen molar-refractivity contribution in [2.45, 2.75) is 19.9 Å². The van der Waals surface area contributed by atoms with E-state index in [1.165, 1.54) is 6.07 Å². The van der Waals surface area contributed by atoms with Crippen molar-refractivity contribution in [3.8, 4) is 0 Å². The van der Waals surface area contributed by atoms with Crippen LogP contribution in [0.4, 0.5) is 8.78 Å². The van der Waals surface area contributed by atoms with E-state index < -0.39 is 17.7 Å². The fourth-order valence-electron chi connectivity index (χ4n) is 1.87. The summed E-state index contributed by atoms with van der Waals surface area (Å²) in [7, 11) is 0. The van der Waals surface area contributed by atoms with E-state index in [0.717, 1.165) is 17.8 Å². The molecule has 0 amide bonds. The number of hydrogen-bond donors (Lipinski definition) is 1. The van der Waals surface area contributed by atoms with E-state index in [1.807, 2.05) is 13.8 Å². The summed E-state index contributed by atoms with van der Waals surface area (Å²) in [6.07, 6.45) is 3.18. The Hall–Kier alpha value is -1.88. The van der Waals surface area contributed by atoms with Crippen LogP contribution in [0.2, 0.25) is 0 Å². The van der Waals surface area contributed by atoms with Gasteiger partial charge in [-0.3, -0.25) is 9.97 Å². The lowest BCUT2D eigenvalue weighted by atomic mass is 10.0. The predicted molar refractivity (Wildman–Crippen MR) is 68.6 cm³/mol. The standard InChI is InChI=1S/C14H15F2N3/c1-3-17-14(13-8-18-9(2)7-19-13)11-6-10(15)4-5-12(11)16/h4-8,14,17H,3H2,1-2H3. The van der Waals surface area contributed by atoms with Gasteiger partial charge in [-0.1, -0.05) is 6.92 Å². The van der Waals surface area contributed by atoms with Crippen LogP contribution in [0.1, 0.15) is 29.9 Å². The van der Waals surface area contributed by atoms with Crippen molar-refractivity contribution in [2.75, 3.05) is 6.54 Å². The molecule has 0 aliphatic heterocycles. The summed E-state index contributed by atoms with van der Waals surface area (Å²) >= 11 is 0. The molecule has 19 heavy (non-hydrogen) atoms. The predicted octanol–water partition coefficient (Wildman–Crippen LogP) is 2.76. The number of benzene rings is 1. The Bertz CT molecular complexity index is 555. The maximum absolute atomic E-state index is 13.9. The molecule has 1 N–H and O–H groups in total. The van der Waals surface area contributed by atoms with Crippen molar-refractivity contribution in [1.82, 2.24) is 15.3 Å². The quantitative estimate of drug-likeness (QED) is 0.921. The van der Waals surface area contributed by atoms with Gasteiger partial charge in [0.25, 0.3) is 0 Å². The minimum Gasteiger partial charge on any atom is -0.305 e. The lowest BCUT2D eigenvalue weighted by molar-refractivity contribution is 0.538. The van der Waals surface area contributed by atoms with Gasteiger partial charge in [-0.05, 0) is 31.7 Å². The number of nitrogens with one attached hydrogen (secondary N) is 1. The Morgan fingerprint density at radius 1 is 1.21 bits per heavy atom. The molecule has 0 saturated heterocycles. The van der Waals surface area contributed by atoms with Crippen LogP contribution in [0, 0.1) is 18.6 Å². The molecule has 2 rings (SSSR count). The first kappa shape index (κ1) is 13.5. The third-order valence-corrected chi connectivity index (χ3v) is 2.77. The van der Waals surface area contributed by atoms with Crippen LogP contribution < -0.4 is 5.32 Å². The van der Waals surface area contributed by atoms with Gasteiger partial charge in [-0.2, -0.15) is 0 Å². The molecule has 1 heterocycles.